The van der Waals surface area contributed by atoms with Crippen LogP contribution in [0.3, 0.4) is 0 Å². The Labute approximate surface area is 79.5 Å². The molecule has 1 atom stereocenters. The normalized spacial score (nSPS) is 12.6. The van der Waals surface area contributed by atoms with Crippen LogP contribution in [0.5, 0.6) is 0 Å². The van der Waals surface area contributed by atoms with Crippen molar-refractivity contribution in [3.05, 3.63) is 35.1 Å². The highest BCUT2D eigenvalue weighted by molar-refractivity contribution is 5.62. The molecule has 0 aliphatic carbocycles. The molecule has 1 rings (SSSR count). The molecule has 0 aliphatic heterocycles. The molecule has 0 spiro atoms. The van der Waals surface area contributed by atoms with Crippen molar-refractivity contribution in [3.8, 4) is 0 Å². The van der Waals surface area contributed by atoms with Crippen LogP contribution in [0, 0.1) is 17.5 Å². The van der Waals surface area contributed by atoms with Gasteiger partial charge in [0.2, 0.25) is 0 Å². The smallest absolute Gasteiger partial charge is 0.161 e. The molecule has 0 aliphatic rings. The number of carbonyl (C=O) groups excluding carboxylic acids is 1. The van der Waals surface area contributed by atoms with E-state index in [4.69, 9.17) is 0 Å². The maximum atomic E-state index is 13.1. The first kappa shape index (κ1) is 10.8. The first-order valence-electron chi connectivity index (χ1n) is 4.19. The van der Waals surface area contributed by atoms with Gasteiger partial charge in [0.1, 0.15) is 12.1 Å². The Hall–Kier alpha value is -1.32. The number of rotatable bonds is 3. The van der Waals surface area contributed by atoms with Crippen molar-refractivity contribution in [2.75, 3.05) is 0 Å². The molecule has 0 saturated carbocycles. The Morgan fingerprint density at radius 3 is 2.29 bits per heavy atom. The van der Waals surface area contributed by atoms with Crippen molar-refractivity contribution in [3.63, 3.8) is 0 Å². The number of carbonyl (C=O) groups is 1. The minimum Gasteiger partial charge on any atom is -0.303 e. The lowest BCUT2D eigenvalue weighted by Gasteiger charge is -2.09. The van der Waals surface area contributed by atoms with Gasteiger partial charge in [-0.05, 0) is 12.5 Å². The lowest BCUT2D eigenvalue weighted by Crippen LogP contribution is -2.03. The van der Waals surface area contributed by atoms with Crippen LogP contribution >= 0.6 is 0 Å². The zero-order valence-electron chi connectivity index (χ0n) is 7.56. The molecule has 1 aromatic rings. The highest BCUT2D eigenvalue weighted by Gasteiger charge is 2.16. The Balaban J connectivity index is 3.20. The highest BCUT2D eigenvalue weighted by Crippen LogP contribution is 2.22. The van der Waals surface area contributed by atoms with E-state index in [1.165, 1.54) is 0 Å². The molecule has 0 N–H and O–H groups in total. The fourth-order valence-electron chi connectivity index (χ4n) is 1.21. The second kappa shape index (κ2) is 4.26. The Bertz CT molecular complexity index is 349. The second-order valence-corrected chi connectivity index (χ2v) is 2.94. The van der Waals surface area contributed by atoms with E-state index in [1.807, 2.05) is 0 Å². The molecule has 0 aromatic heterocycles. The average Bonchev–Trinajstić information content (AvgIpc) is 2.15. The Morgan fingerprint density at radius 1 is 1.21 bits per heavy atom. The van der Waals surface area contributed by atoms with Gasteiger partial charge < -0.3 is 4.79 Å². The number of benzene rings is 1. The summed E-state index contributed by atoms with van der Waals surface area (Å²) in [5, 5.41) is 0. The van der Waals surface area contributed by atoms with E-state index in [2.05, 4.69) is 0 Å². The standard InChI is InChI=1S/C10H9F3O/c1-2-6(5-14)7-3-9(12)10(13)4-8(7)11/h3-6H,2H2,1H3. The topological polar surface area (TPSA) is 17.1 Å². The van der Waals surface area contributed by atoms with Crippen LogP contribution in [-0.4, -0.2) is 6.29 Å². The minimum absolute atomic E-state index is 0.0959. The predicted octanol–water partition coefficient (Wildman–Crippen LogP) is 2.80. The zero-order chi connectivity index (χ0) is 10.7. The number of aldehydes is 1. The molecular weight excluding hydrogens is 193 g/mol. The second-order valence-electron chi connectivity index (χ2n) is 2.94. The molecular formula is C10H9F3O. The van der Waals surface area contributed by atoms with Crippen molar-refractivity contribution in [2.45, 2.75) is 19.3 Å². The van der Waals surface area contributed by atoms with Crippen molar-refractivity contribution in [1.82, 2.24) is 0 Å². The van der Waals surface area contributed by atoms with Gasteiger partial charge in [-0.15, -0.1) is 0 Å². The Kier molecular flexibility index (Phi) is 3.28. The highest BCUT2D eigenvalue weighted by atomic mass is 19.2. The van der Waals surface area contributed by atoms with Gasteiger partial charge in [-0.3, -0.25) is 0 Å². The molecule has 0 radical (unpaired) electrons. The maximum Gasteiger partial charge on any atom is 0.161 e. The predicted molar refractivity (Wildman–Crippen MR) is 45.4 cm³/mol. The fraction of sp³-hybridized carbons (Fsp3) is 0.300. The van der Waals surface area contributed by atoms with Crippen LogP contribution in [0.15, 0.2) is 12.1 Å². The number of hydrogen-bond donors (Lipinski definition) is 0. The molecule has 0 saturated heterocycles. The SMILES string of the molecule is CCC(C=O)c1cc(F)c(F)cc1F. The number of hydrogen-bond acceptors (Lipinski definition) is 1. The summed E-state index contributed by atoms with van der Waals surface area (Å²) in [5.74, 6) is -3.98. The summed E-state index contributed by atoms with van der Waals surface area (Å²) in [4.78, 5) is 10.5. The molecule has 1 unspecified atom stereocenters. The zero-order valence-corrected chi connectivity index (χ0v) is 7.56. The summed E-state index contributed by atoms with van der Waals surface area (Å²) < 4.78 is 38.4. The van der Waals surface area contributed by atoms with Crippen molar-refractivity contribution < 1.29 is 18.0 Å². The van der Waals surface area contributed by atoms with Crippen LogP contribution in [-0.2, 0) is 4.79 Å². The van der Waals surface area contributed by atoms with Crippen LogP contribution in [0.4, 0.5) is 13.2 Å². The molecule has 76 valence electrons. The fourth-order valence-corrected chi connectivity index (χ4v) is 1.21. The Morgan fingerprint density at radius 2 is 1.79 bits per heavy atom. The molecule has 1 nitrogen and oxygen atoms in total. The monoisotopic (exact) mass is 202 g/mol. The maximum absolute atomic E-state index is 13.1. The summed E-state index contributed by atoms with van der Waals surface area (Å²) in [7, 11) is 0. The van der Waals surface area contributed by atoms with Crippen LogP contribution in [0.1, 0.15) is 24.8 Å². The van der Waals surface area contributed by atoms with E-state index in [0.717, 1.165) is 6.07 Å². The molecule has 1 aromatic carbocycles. The van der Waals surface area contributed by atoms with E-state index in [-0.39, 0.29) is 5.56 Å². The van der Waals surface area contributed by atoms with Crippen LogP contribution in [0.2, 0.25) is 0 Å². The summed E-state index contributed by atoms with van der Waals surface area (Å²) in [6, 6.07) is 1.18. The quantitative estimate of drug-likeness (QED) is 0.544. The van der Waals surface area contributed by atoms with E-state index in [1.54, 1.807) is 6.92 Å². The molecule has 0 amide bonds. The third-order valence-corrected chi connectivity index (χ3v) is 2.04. The van der Waals surface area contributed by atoms with Gasteiger partial charge in [0, 0.05) is 17.5 Å². The largest absolute Gasteiger partial charge is 0.303 e. The van der Waals surface area contributed by atoms with E-state index in [9.17, 15) is 18.0 Å². The van der Waals surface area contributed by atoms with Gasteiger partial charge >= 0.3 is 0 Å². The van der Waals surface area contributed by atoms with Gasteiger partial charge in [-0.25, -0.2) is 13.2 Å². The van der Waals surface area contributed by atoms with Crippen molar-refractivity contribution >= 4 is 6.29 Å². The first-order valence-corrected chi connectivity index (χ1v) is 4.19. The van der Waals surface area contributed by atoms with Gasteiger partial charge in [-0.2, -0.15) is 0 Å². The summed E-state index contributed by atoms with van der Waals surface area (Å²) in [5.41, 5.74) is -0.0959. The third kappa shape index (κ3) is 1.95. The molecule has 0 heterocycles. The molecule has 14 heavy (non-hydrogen) atoms. The molecule has 4 heteroatoms. The van der Waals surface area contributed by atoms with Gasteiger partial charge in [0.05, 0.1) is 0 Å². The summed E-state index contributed by atoms with van der Waals surface area (Å²) in [6.07, 6.45) is 0.876. The minimum atomic E-state index is -1.24. The molecule has 0 bridgehead atoms. The van der Waals surface area contributed by atoms with Gasteiger partial charge in [0.15, 0.2) is 11.6 Å². The van der Waals surface area contributed by atoms with Crippen LogP contribution in [0.25, 0.3) is 0 Å². The van der Waals surface area contributed by atoms with Crippen molar-refractivity contribution in [2.24, 2.45) is 0 Å². The van der Waals surface area contributed by atoms with E-state index >= 15 is 0 Å². The van der Waals surface area contributed by atoms with Crippen molar-refractivity contribution in [1.29, 1.82) is 0 Å². The van der Waals surface area contributed by atoms with Gasteiger partial charge in [-0.1, -0.05) is 6.92 Å². The average molecular weight is 202 g/mol. The van der Waals surface area contributed by atoms with Gasteiger partial charge in [0.25, 0.3) is 0 Å². The van der Waals surface area contributed by atoms with Crippen LogP contribution < -0.4 is 0 Å². The number of halogens is 3. The lowest BCUT2D eigenvalue weighted by atomic mass is 9.97. The molecule has 0 fully saturated rings. The lowest BCUT2D eigenvalue weighted by molar-refractivity contribution is -0.109. The third-order valence-electron chi connectivity index (χ3n) is 2.04. The summed E-state index contributed by atoms with van der Waals surface area (Å²) in [6.45, 7) is 1.67. The summed E-state index contributed by atoms with van der Waals surface area (Å²) >= 11 is 0. The van der Waals surface area contributed by atoms with E-state index in [0.29, 0.717) is 18.8 Å². The van der Waals surface area contributed by atoms with E-state index < -0.39 is 23.4 Å². The first-order chi connectivity index (χ1) is 6.60.